The first-order valence-corrected chi connectivity index (χ1v) is 7.67. The van der Waals surface area contributed by atoms with E-state index in [9.17, 15) is 9.59 Å². The number of hydrazine groups is 1. The van der Waals surface area contributed by atoms with Gasteiger partial charge in [-0.05, 0) is 42.0 Å². The molecular formula is C18H17ClN2O4. The Balaban J connectivity index is 1.94. The molecule has 0 fully saturated rings. The molecule has 2 rings (SSSR count). The van der Waals surface area contributed by atoms with E-state index in [0.717, 1.165) is 5.56 Å². The van der Waals surface area contributed by atoms with Crippen LogP contribution in [0.25, 0.3) is 6.08 Å². The van der Waals surface area contributed by atoms with Crippen molar-refractivity contribution in [3.63, 3.8) is 0 Å². The smallest absolute Gasteiger partial charge is 0.269 e. The quantitative estimate of drug-likeness (QED) is 0.635. The van der Waals surface area contributed by atoms with Gasteiger partial charge in [-0.3, -0.25) is 20.4 Å². The molecular weight excluding hydrogens is 344 g/mol. The third kappa shape index (κ3) is 5.26. The van der Waals surface area contributed by atoms with E-state index >= 15 is 0 Å². The summed E-state index contributed by atoms with van der Waals surface area (Å²) < 4.78 is 10.2. The molecule has 0 aromatic heterocycles. The lowest BCUT2D eigenvalue weighted by molar-refractivity contribution is -0.117. The Bertz CT molecular complexity index is 805. The van der Waals surface area contributed by atoms with Gasteiger partial charge in [0.2, 0.25) is 0 Å². The van der Waals surface area contributed by atoms with Crippen LogP contribution in [0.15, 0.2) is 48.5 Å². The first-order chi connectivity index (χ1) is 12.0. The van der Waals surface area contributed by atoms with Crippen LogP contribution >= 0.6 is 11.6 Å². The van der Waals surface area contributed by atoms with Crippen molar-refractivity contribution in [3.8, 4) is 11.5 Å². The lowest BCUT2D eigenvalue weighted by atomic mass is 10.2. The molecule has 0 unspecified atom stereocenters. The average Bonchev–Trinajstić information content (AvgIpc) is 2.63. The van der Waals surface area contributed by atoms with E-state index in [4.69, 9.17) is 21.1 Å². The van der Waals surface area contributed by atoms with Crippen molar-refractivity contribution in [2.24, 2.45) is 0 Å². The van der Waals surface area contributed by atoms with E-state index < -0.39 is 11.8 Å². The molecule has 0 heterocycles. The second-order valence-corrected chi connectivity index (χ2v) is 5.34. The van der Waals surface area contributed by atoms with Gasteiger partial charge in [0.05, 0.1) is 14.2 Å². The fraction of sp³-hybridized carbons (Fsp3) is 0.111. The number of halogens is 1. The summed E-state index contributed by atoms with van der Waals surface area (Å²) in [6.45, 7) is 0. The second kappa shape index (κ2) is 8.75. The zero-order chi connectivity index (χ0) is 18.2. The van der Waals surface area contributed by atoms with Gasteiger partial charge in [0.1, 0.15) is 0 Å². The van der Waals surface area contributed by atoms with Crippen LogP contribution in [0.3, 0.4) is 0 Å². The number of ether oxygens (including phenoxy) is 2. The van der Waals surface area contributed by atoms with Crippen LogP contribution in [0, 0.1) is 0 Å². The van der Waals surface area contributed by atoms with Gasteiger partial charge in [-0.15, -0.1) is 0 Å². The predicted molar refractivity (Wildman–Crippen MR) is 95.6 cm³/mol. The fourth-order valence-corrected chi connectivity index (χ4v) is 2.19. The third-order valence-corrected chi connectivity index (χ3v) is 3.46. The highest BCUT2D eigenvalue weighted by atomic mass is 35.5. The molecule has 130 valence electrons. The number of benzene rings is 2. The molecule has 0 aliphatic heterocycles. The lowest BCUT2D eigenvalue weighted by Crippen LogP contribution is -2.40. The summed E-state index contributed by atoms with van der Waals surface area (Å²) in [5.41, 5.74) is 5.71. The van der Waals surface area contributed by atoms with Crippen molar-refractivity contribution in [1.82, 2.24) is 10.9 Å². The van der Waals surface area contributed by atoms with Gasteiger partial charge in [0.15, 0.2) is 11.5 Å². The van der Waals surface area contributed by atoms with Crippen molar-refractivity contribution >= 4 is 29.5 Å². The summed E-state index contributed by atoms with van der Waals surface area (Å²) in [5, 5.41) is 0.573. The minimum atomic E-state index is -0.481. The molecule has 0 atom stereocenters. The Labute approximate surface area is 150 Å². The maximum Gasteiger partial charge on any atom is 0.269 e. The summed E-state index contributed by atoms with van der Waals surface area (Å²) in [6.07, 6.45) is 2.88. The minimum Gasteiger partial charge on any atom is -0.493 e. The molecule has 6 nitrogen and oxygen atoms in total. The van der Waals surface area contributed by atoms with Crippen molar-refractivity contribution in [1.29, 1.82) is 0 Å². The van der Waals surface area contributed by atoms with Crippen LogP contribution in [-0.2, 0) is 4.79 Å². The Kier molecular flexibility index (Phi) is 6.42. The highest BCUT2D eigenvalue weighted by Gasteiger charge is 2.10. The first kappa shape index (κ1) is 18.4. The number of methoxy groups -OCH3 is 2. The molecule has 0 bridgehead atoms. The standard InChI is InChI=1S/C18H17ClN2O4/c1-24-15-8-7-13(11-16(15)25-2)18(23)21-20-17(22)9-6-12-4-3-5-14(19)10-12/h3-11H,1-2H3,(H,20,22)(H,21,23)/b9-6+. The highest BCUT2D eigenvalue weighted by molar-refractivity contribution is 6.30. The van der Waals surface area contributed by atoms with E-state index in [1.165, 1.54) is 26.4 Å². The molecule has 0 radical (unpaired) electrons. The Hall–Kier alpha value is -2.99. The normalized spacial score (nSPS) is 10.4. The number of carbonyl (C=O) groups excluding carboxylic acids is 2. The van der Waals surface area contributed by atoms with Gasteiger partial charge in [-0.25, -0.2) is 0 Å². The van der Waals surface area contributed by atoms with E-state index in [1.54, 1.807) is 42.5 Å². The van der Waals surface area contributed by atoms with Gasteiger partial charge in [-0.2, -0.15) is 0 Å². The molecule has 2 aromatic carbocycles. The summed E-state index contributed by atoms with van der Waals surface area (Å²) in [7, 11) is 2.98. The predicted octanol–water partition coefficient (Wildman–Crippen LogP) is 2.83. The number of hydrogen-bond acceptors (Lipinski definition) is 4. The maximum atomic E-state index is 12.1. The number of rotatable bonds is 5. The molecule has 2 aromatic rings. The van der Waals surface area contributed by atoms with E-state index in [0.29, 0.717) is 22.1 Å². The second-order valence-electron chi connectivity index (χ2n) is 4.90. The molecule has 2 N–H and O–H groups in total. The summed E-state index contributed by atoms with van der Waals surface area (Å²) in [5.74, 6) is -0.0332. The summed E-state index contributed by atoms with van der Waals surface area (Å²) >= 11 is 5.87. The van der Waals surface area contributed by atoms with Gasteiger partial charge in [-0.1, -0.05) is 23.7 Å². The summed E-state index contributed by atoms with van der Waals surface area (Å²) in [4.78, 5) is 23.8. The Morgan fingerprint density at radius 1 is 1.00 bits per heavy atom. The number of carbonyl (C=O) groups is 2. The number of hydrogen-bond donors (Lipinski definition) is 2. The highest BCUT2D eigenvalue weighted by Crippen LogP contribution is 2.27. The van der Waals surface area contributed by atoms with Crippen molar-refractivity contribution < 1.29 is 19.1 Å². The van der Waals surface area contributed by atoms with E-state index in [2.05, 4.69) is 10.9 Å². The monoisotopic (exact) mass is 360 g/mol. The van der Waals surface area contributed by atoms with Crippen molar-refractivity contribution in [3.05, 3.63) is 64.7 Å². The van der Waals surface area contributed by atoms with Crippen LogP contribution in [0.5, 0.6) is 11.5 Å². The molecule has 0 aliphatic rings. The van der Waals surface area contributed by atoms with Crippen LogP contribution in [-0.4, -0.2) is 26.0 Å². The van der Waals surface area contributed by atoms with Crippen LogP contribution < -0.4 is 20.3 Å². The SMILES string of the molecule is COc1ccc(C(=O)NNC(=O)/C=C/c2cccc(Cl)c2)cc1OC. The Morgan fingerprint density at radius 3 is 2.44 bits per heavy atom. The van der Waals surface area contributed by atoms with E-state index in [-0.39, 0.29) is 0 Å². The molecule has 0 saturated carbocycles. The maximum absolute atomic E-state index is 12.1. The van der Waals surface area contributed by atoms with E-state index in [1.807, 2.05) is 0 Å². The molecule has 0 spiro atoms. The lowest BCUT2D eigenvalue weighted by Gasteiger charge is -2.10. The zero-order valence-corrected chi connectivity index (χ0v) is 14.5. The third-order valence-electron chi connectivity index (χ3n) is 3.22. The van der Waals surface area contributed by atoms with Gasteiger partial charge in [0, 0.05) is 16.7 Å². The first-order valence-electron chi connectivity index (χ1n) is 7.29. The van der Waals surface area contributed by atoms with Gasteiger partial charge in [0.25, 0.3) is 11.8 Å². The minimum absolute atomic E-state index is 0.316. The number of amides is 2. The molecule has 0 saturated heterocycles. The van der Waals surface area contributed by atoms with Gasteiger partial charge < -0.3 is 9.47 Å². The van der Waals surface area contributed by atoms with Gasteiger partial charge >= 0.3 is 0 Å². The van der Waals surface area contributed by atoms with Crippen LogP contribution in [0.4, 0.5) is 0 Å². The zero-order valence-electron chi connectivity index (χ0n) is 13.7. The largest absolute Gasteiger partial charge is 0.493 e. The molecule has 0 aliphatic carbocycles. The van der Waals surface area contributed by atoms with Crippen LogP contribution in [0.2, 0.25) is 5.02 Å². The average molecular weight is 361 g/mol. The molecule has 25 heavy (non-hydrogen) atoms. The molecule has 7 heteroatoms. The summed E-state index contributed by atoms with van der Waals surface area (Å²) in [6, 6.07) is 11.7. The topological polar surface area (TPSA) is 76.7 Å². The van der Waals surface area contributed by atoms with Crippen molar-refractivity contribution in [2.75, 3.05) is 14.2 Å². The van der Waals surface area contributed by atoms with Crippen LogP contribution in [0.1, 0.15) is 15.9 Å². The fourth-order valence-electron chi connectivity index (χ4n) is 1.99. The Morgan fingerprint density at radius 2 is 1.76 bits per heavy atom. The van der Waals surface area contributed by atoms with Crippen molar-refractivity contribution in [2.45, 2.75) is 0 Å². The number of nitrogens with one attached hydrogen (secondary N) is 2. The molecule has 2 amide bonds.